The molecule has 1 heterocycles. The first-order valence-electron chi connectivity index (χ1n) is 5.43. The summed E-state index contributed by atoms with van der Waals surface area (Å²) >= 11 is 0. The number of carbonyl (C=O) groups excluding carboxylic acids is 2. The topological polar surface area (TPSA) is 61.8 Å². The monoisotopic (exact) mass is 280 g/mol. The van der Waals surface area contributed by atoms with Crippen LogP contribution >= 0.6 is 0 Å². The van der Waals surface area contributed by atoms with Crippen molar-refractivity contribution in [1.82, 2.24) is 0 Å². The van der Waals surface area contributed by atoms with E-state index in [0.717, 1.165) is 13.8 Å². The standard InChI is InChI=1S/C10H12BF3O5/c1-4(15)17-6-3-7(11)19-9(10(12,13)14)8(6)18-5(2)16/h6-9H,3H2,1-2H3. The van der Waals surface area contributed by atoms with Crippen molar-refractivity contribution in [1.29, 1.82) is 0 Å². The molecule has 0 bridgehead atoms. The summed E-state index contributed by atoms with van der Waals surface area (Å²) in [6.07, 6.45) is -10.5. The molecule has 5 nitrogen and oxygen atoms in total. The second-order valence-electron chi connectivity index (χ2n) is 4.09. The van der Waals surface area contributed by atoms with Gasteiger partial charge in [0.2, 0.25) is 0 Å². The zero-order valence-electron chi connectivity index (χ0n) is 10.3. The molecular formula is C10H12BF3O5. The Morgan fingerprint density at radius 1 is 1.21 bits per heavy atom. The number of halogens is 3. The maximum Gasteiger partial charge on any atom is 0.418 e. The van der Waals surface area contributed by atoms with E-state index in [1.165, 1.54) is 0 Å². The molecule has 1 saturated heterocycles. The molecule has 1 fully saturated rings. The van der Waals surface area contributed by atoms with Crippen LogP contribution in [0.3, 0.4) is 0 Å². The lowest BCUT2D eigenvalue weighted by Gasteiger charge is -2.40. The van der Waals surface area contributed by atoms with E-state index in [1.54, 1.807) is 0 Å². The molecule has 4 unspecified atom stereocenters. The van der Waals surface area contributed by atoms with Gasteiger partial charge in [0, 0.05) is 26.3 Å². The highest BCUT2D eigenvalue weighted by Gasteiger charge is 2.54. The van der Waals surface area contributed by atoms with Crippen molar-refractivity contribution >= 4 is 19.8 Å². The average Bonchev–Trinajstić information content (AvgIpc) is 2.18. The number of ether oxygens (including phenoxy) is 3. The van der Waals surface area contributed by atoms with Crippen LogP contribution in [-0.2, 0) is 23.8 Å². The Labute approximate surface area is 108 Å². The molecule has 2 radical (unpaired) electrons. The van der Waals surface area contributed by atoms with Gasteiger partial charge in [-0.05, 0) is 0 Å². The molecule has 4 atom stereocenters. The van der Waals surface area contributed by atoms with Gasteiger partial charge in [0.05, 0.1) is 0 Å². The Morgan fingerprint density at radius 2 is 1.74 bits per heavy atom. The van der Waals surface area contributed by atoms with Crippen LogP contribution in [0.1, 0.15) is 20.3 Å². The van der Waals surface area contributed by atoms with Gasteiger partial charge < -0.3 is 14.2 Å². The van der Waals surface area contributed by atoms with Crippen molar-refractivity contribution < 1.29 is 37.0 Å². The molecule has 0 aromatic carbocycles. The Morgan fingerprint density at radius 3 is 2.16 bits per heavy atom. The molecule has 0 aliphatic carbocycles. The van der Waals surface area contributed by atoms with Gasteiger partial charge in [-0.2, -0.15) is 13.2 Å². The quantitative estimate of drug-likeness (QED) is 0.550. The molecule has 1 aliphatic rings. The summed E-state index contributed by atoms with van der Waals surface area (Å²) < 4.78 is 52.3. The molecule has 0 N–H and O–H groups in total. The first-order valence-corrected chi connectivity index (χ1v) is 5.43. The highest BCUT2D eigenvalue weighted by molar-refractivity contribution is 6.11. The fourth-order valence-corrected chi connectivity index (χ4v) is 1.80. The number of alkyl halides is 3. The van der Waals surface area contributed by atoms with Crippen LogP contribution in [-0.4, -0.2) is 50.3 Å². The van der Waals surface area contributed by atoms with Gasteiger partial charge >= 0.3 is 18.1 Å². The third kappa shape index (κ3) is 4.41. The van der Waals surface area contributed by atoms with Gasteiger partial charge in [-0.1, -0.05) is 0 Å². The maximum absolute atomic E-state index is 12.8. The average molecular weight is 280 g/mol. The highest BCUT2D eigenvalue weighted by Crippen LogP contribution is 2.34. The van der Waals surface area contributed by atoms with Crippen LogP contribution in [0.25, 0.3) is 0 Å². The van der Waals surface area contributed by atoms with Gasteiger partial charge in [-0.15, -0.1) is 0 Å². The Balaban J connectivity index is 2.98. The number of hydrogen-bond acceptors (Lipinski definition) is 5. The molecule has 0 saturated carbocycles. The molecule has 0 spiro atoms. The second-order valence-corrected chi connectivity index (χ2v) is 4.09. The lowest BCUT2D eigenvalue weighted by molar-refractivity contribution is -0.284. The fourth-order valence-electron chi connectivity index (χ4n) is 1.80. The molecule has 106 valence electrons. The number of carbonyl (C=O) groups is 2. The van der Waals surface area contributed by atoms with Crippen molar-refractivity contribution in [3.8, 4) is 0 Å². The minimum atomic E-state index is -4.80. The predicted octanol–water partition coefficient (Wildman–Crippen LogP) is 0.696. The second kappa shape index (κ2) is 5.81. The van der Waals surface area contributed by atoms with E-state index in [4.69, 9.17) is 12.6 Å². The smallest absolute Gasteiger partial charge is 0.418 e. The van der Waals surface area contributed by atoms with Gasteiger partial charge in [-0.25, -0.2) is 0 Å². The van der Waals surface area contributed by atoms with Crippen molar-refractivity contribution in [3.05, 3.63) is 0 Å². The minimum Gasteiger partial charge on any atom is -0.458 e. The summed E-state index contributed by atoms with van der Waals surface area (Å²) in [4.78, 5) is 21.8. The van der Waals surface area contributed by atoms with E-state index >= 15 is 0 Å². The lowest BCUT2D eigenvalue weighted by atomic mass is 9.87. The third-order valence-corrected chi connectivity index (χ3v) is 2.39. The van der Waals surface area contributed by atoms with Gasteiger partial charge in [0.1, 0.15) is 14.0 Å². The Kier molecular flexibility index (Phi) is 4.83. The predicted molar refractivity (Wildman–Crippen MR) is 56.2 cm³/mol. The summed E-state index contributed by atoms with van der Waals surface area (Å²) in [5, 5.41) is 0. The summed E-state index contributed by atoms with van der Waals surface area (Å²) in [5.41, 5.74) is 0. The van der Waals surface area contributed by atoms with E-state index in [-0.39, 0.29) is 6.42 Å². The van der Waals surface area contributed by atoms with Crippen molar-refractivity contribution in [2.75, 3.05) is 0 Å². The van der Waals surface area contributed by atoms with Crippen LogP contribution in [0.15, 0.2) is 0 Å². The van der Waals surface area contributed by atoms with E-state index < -0.39 is 42.4 Å². The number of hydrogen-bond donors (Lipinski definition) is 0. The normalized spacial score (nSPS) is 31.6. The molecule has 0 amide bonds. The molecular weight excluding hydrogens is 268 g/mol. The minimum absolute atomic E-state index is 0.190. The molecule has 0 aromatic rings. The van der Waals surface area contributed by atoms with Crippen LogP contribution in [0.2, 0.25) is 0 Å². The highest BCUT2D eigenvalue weighted by atomic mass is 19.4. The molecule has 1 aliphatic heterocycles. The van der Waals surface area contributed by atoms with Gasteiger partial charge in [0.25, 0.3) is 0 Å². The van der Waals surface area contributed by atoms with Crippen LogP contribution in [0.5, 0.6) is 0 Å². The summed E-state index contributed by atoms with van der Waals surface area (Å²) in [6.45, 7) is 1.99. The van der Waals surface area contributed by atoms with Crippen molar-refractivity contribution in [3.63, 3.8) is 0 Å². The van der Waals surface area contributed by atoms with E-state index in [1.807, 2.05) is 0 Å². The first kappa shape index (κ1) is 15.8. The van der Waals surface area contributed by atoms with Crippen molar-refractivity contribution in [2.24, 2.45) is 0 Å². The summed E-state index contributed by atoms with van der Waals surface area (Å²) in [6, 6.07) is -1.26. The maximum atomic E-state index is 12.8. The molecule has 9 heteroatoms. The fraction of sp³-hybridized carbons (Fsp3) is 0.800. The van der Waals surface area contributed by atoms with Crippen molar-refractivity contribution in [2.45, 2.75) is 50.8 Å². The van der Waals surface area contributed by atoms with Crippen LogP contribution < -0.4 is 0 Å². The summed E-state index contributed by atoms with van der Waals surface area (Å²) in [5.74, 6) is -1.73. The lowest BCUT2D eigenvalue weighted by Crippen LogP contribution is -2.57. The SMILES string of the molecule is [B]C1CC(OC(C)=O)C(OC(C)=O)C(C(F)(F)F)O1. The zero-order chi connectivity index (χ0) is 14.8. The number of rotatable bonds is 2. The van der Waals surface area contributed by atoms with E-state index in [2.05, 4.69) is 9.47 Å². The number of esters is 2. The Hall–Kier alpha value is -1.25. The molecule has 19 heavy (non-hydrogen) atoms. The third-order valence-electron chi connectivity index (χ3n) is 2.39. The van der Waals surface area contributed by atoms with Gasteiger partial charge in [0.15, 0.2) is 12.2 Å². The Bertz CT molecular complexity index is 360. The molecule has 1 rings (SSSR count). The largest absolute Gasteiger partial charge is 0.458 e. The van der Waals surface area contributed by atoms with E-state index in [0.29, 0.717) is 0 Å². The first-order chi connectivity index (χ1) is 8.61. The van der Waals surface area contributed by atoms with Crippen LogP contribution in [0.4, 0.5) is 13.2 Å². The van der Waals surface area contributed by atoms with Crippen LogP contribution in [0, 0.1) is 0 Å². The summed E-state index contributed by atoms with van der Waals surface area (Å²) in [7, 11) is 5.33. The van der Waals surface area contributed by atoms with E-state index in [9.17, 15) is 22.8 Å². The zero-order valence-corrected chi connectivity index (χ0v) is 10.3. The molecule has 0 aromatic heterocycles. The van der Waals surface area contributed by atoms with Gasteiger partial charge in [-0.3, -0.25) is 9.59 Å².